The second-order valence-corrected chi connectivity index (χ2v) is 7.85. The summed E-state index contributed by atoms with van der Waals surface area (Å²) < 4.78 is 0. The normalized spacial score (nSPS) is 15.1. The summed E-state index contributed by atoms with van der Waals surface area (Å²) in [4.78, 5) is 59.6. The average Bonchev–Trinajstić information content (AvgIpc) is 2.78. The number of nitrogens with one attached hydrogen (secondary N) is 3. The van der Waals surface area contributed by atoms with Crippen molar-refractivity contribution in [2.45, 2.75) is 56.5 Å². The van der Waals surface area contributed by atoms with Gasteiger partial charge in [-0.05, 0) is 37.5 Å². The highest BCUT2D eigenvalue weighted by Crippen LogP contribution is 2.11. The summed E-state index contributed by atoms with van der Waals surface area (Å²) in [7, 11) is 0. The van der Waals surface area contributed by atoms with Crippen molar-refractivity contribution in [3.8, 4) is 5.75 Å². The number of aliphatic hydroxyl groups is 2. The number of carbonyl (C=O) groups excluding carboxylic acids is 4. The van der Waals surface area contributed by atoms with E-state index in [4.69, 9.17) is 11.5 Å². The maximum absolute atomic E-state index is 12.6. The van der Waals surface area contributed by atoms with E-state index in [9.17, 15) is 44.4 Å². The topological polar surface area (TPSA) is 254 Å². The van der Waals surface area contributed by atoms with E-state index in [2.05, 4.69) is 16.0 Å². The molecule has 0 saturated heterocycles. The third-order valence-electron chi connectivity index (χ3n) is 4.90. The van der Waals surface area contributed by atoms with E-state index in [1.165, 1.54) is 19.1 Å². The first-order valence-corrected chi connectivity index (χ1v) is 10.6. The van der Waals surface area contributed by atoms with Crippen LogP contribution >= 0.6 is 0 Å². The van der Waals surface area contributed by atoms with Crippen LogP contribution in [0.4, 0.5) is 0 Å². The Hall–Kier alpha value is -3.75. The van der Waals surface area contributed by atoms with Crippen LogP contribution in [0.3, 0.4) is 0 Å². The zero-order valence-electron chi connectivity index (χ0n) is 19.0. The fraction of sp³-hybridized carbons (Fsp3) is 0.476. The Kier molecular flexibility index (Phi) is 11.6. The molecule has 0 heterocycles. The quantitative estimate of drug-likeness (QED) is 0.122. The number of benzene rings is 1. The summed E-state index contributed by atoms with van der Waals surface area (Å²) in [6.45, 7) is 0.273. The van der Waals surface area contributed by atoms with Crippen molar-refractivity contribution < 1.29 is 44.4 Å². The van der Waals surface area contributed by atoms with Gasteiger partial charge in [-0.1, -0.05) is 12.1 Å². The molecule has 0 fully saturated rings. The third-order valence-corrected chi connectivity index (χ3v) is 4.90. The molecule has 1 rings (SSSR count). The van der Waals surface area contributed by atoms with Crippen molar-refractivity contribution in [1.82, 2.24) is 16.0 Å². The Morgan fingerprint density at radius 1 is 0.943 bits per heavy atom. The van der Waals surface area contributed by atoms with E-state index in [0.29, 0.717) is 5.56 Å². The van der Waals surface area contributed by atoms with Crippen molar-refractivity contribution in [3.05, 3.63) is 29.8 Å². The Morgan fingerprint density at radius 3 is 2.00 bits per heavy atom. The number of carboxylic acids is 1. The van der Waals surface area contributed by atoms with Crippen LogP contribution in [0.5, 0.6) is 5.75 Å². The Bertz CT molecular complexity index is 907. The summed E-state index contributed by atoms with van der Waals surface area (Å²) in [5, 5.41) is 44.5. The van der Waals surface area contributed by atoms with Gasteiger partial charge in [0.2, 0.25) is 23.6 Å². The maximum Gasteiger partial charge on any atom is 0.326 e. The van der Waals surface area contributed by atoms with Crippen molar-refractivity contribution in [2.75, 3.05) is 6.61 Å². The lowest BCUT2D eigenvalue weighted by Gasteiger charge is -2.25. The highest BCUT2D eigenvalue weighted by Gasteiger charge is 2.32. The van der Waals surface area contributed by atoms with Crippen molar-refractivity contribution in [3.63, 3.8) is 0 Å². The molecule has 194 valence electrons. The van der Waals surface area contributed by atoms with Gasteiger partial charge in [-0.15, -0.1) is 0 Å². The Balaban J connectivity index is 2.80. The number of aromatic hydroxyl groups is 1. The molecule has 14 heteroatoms. The van der Waals surface area contributed by atoms with Crippen LogP contribution in [0.15, 0.2) is 24.3 Å². The maximum atomic E-state index is 12.6. The number of aliphatic carboxylic acids is 1. The lowest BCUT2D eigenvalue weighted by molar-refractivity contribution is -0.143. The van der Waals surface area contributed by atoms with Crippen molar-refractivity contribution >= 4 is 29.6 Å². The van der Waals surface area contributed by atoms with Gasteiger partial charge in [0.1, 0.15) is 23.9 Å². The molecule has 0 aromatic heterocycles. The molecule has 0 aliphatic carbocycles. The van der Waals surface area contributed by atoms with Crippen LogP contribution in [-0.4, -0.2) is 86.9 Å². The van der Waals surface area contributed by atoms with Gasteiger partial charge in [0, 0.05) is 6.42 Å². The number of aliphatic hydroxyl groups excluding tert-OH is 2. The number of phenolic OH excluding ortho intramolecular Hbond substituents is 1. The van der Waals surface area contributed by atoms with E-state index in [1.807, 2.05) is 0 Å². The molecule has 0 bridgehead atoms. The van der Waals surface area contributed by atoms with E-state index in [1.54, 1.807) is 12.1 Å². The lowest BCUT2D eigenvalue weighted by Crippen LogP contribution is -2.60. The molecule has 1 aromatic rings. The smallest absolute Gasteiger partial charge is 0.326 e. The van der Waals surface area contributed by atoms with E-state index in [-0.39, 0.29) is 25.0 Å². The molecular formula is C21H31N5O9. The summed E-state index contributed by atoms with van der Waals surface area (Å²) in [6, 6.07) is 0.128. The SMILES string of the molecule is CC(O)C(NC(=O)C(N)Cc1ccc(O)cc1)C(=O)NC(CO)C(=O)NC(CCC(N)=O)C(=O)O. The van der Waals surface area contributed by atoms with E-state index < -0.39 is 66.5 Å². The van der Waals surface area contributed by atoms with Gasteiger partial charge in [0.25, 0.3) is 0 Å². The highest BCUT2D eigenvalue weighted by molar-refractivity contribution is 5.94. The summed E-state index contributed by atoms with van der Waals surface area (Å²) >= 11 is 0. The van der Waals surface area contributed by atoms with Gasteiger partial charge in [-0.25, -0.2) is 4.79 Å². The zero-order chi connectivity index (χ0) is 26.7. The molecule has 5 atom stereocenters. The number of hydrogen-bond acceptors (Lipinski definition) is 9. The summed E-state index contributed by atoms with van der Waals surface area (Å²) in [5.74, 6) is -5.11. The predicted molar refractivity (Wildman–Crippen MR) is 120 cm³/mol. The standard InChI is InChI=1S/C21H31N5O9/c1-10(28)17(26-18(31)13(22)8-11-2-4-12(29)5-3-11)20(33)25-15(9-27)19(32)24-14(21(34)35)6-7-16(23)30/h2-5,10,13-15,17,27-29H,6-9,22H2,1H3,(H2,23,30)(H,24,32)(H,25,33)(H,26,31)(H,34,35). The van der Waals surface area contributed by atoms with Gasteiger partial charge in [0.15, 0.2) is 0 Å². The number of phenols is 1. The van der Waals surface area contributed by atoms with Gasteiger partial charge in [-0.2, -0.15) is 0 Å². The Labute approximate surface area is 200 Å². The first kappa shape index (κ1) is 29.3. The molecule has 0 aliphatic rings. The molecule has 0 spiro atoms. The average molecular weight is 498 g/mol. The molecular weight excluding hydrogens is 466 g/mol. The van der Waals surface area contributed by atoms with Crippen LogP contribution in [0.1, 0.15) is 25.3 Å². The second-order valence-electron chi connectivity index (χ2n) is 7.85. The molecule has 0 aliphatic heterocycles. The molecule has 0 radical (unpaired) electrons. The number of hydrogen-bond donors (Lipinski definition) is 9. The van der Waals surface area contributed by atoms with Gasteiger partial charge in [-0.3, -0.25) is 19.2 Å². The van der Waals surface area contributed by atoms with Crippen molar-refractivity contribution in [2.24, 2.45) is 11.5 Å². The van der Waals surface area contributed by atoms with E-state index >= 15 is 0 Å². The monoisotopic (exact) mass is 497 g/mol. The second kappa shape index (κ2) is 13.8. The number of carbonyl (C=O) groups is 5. The lowest BCUT2D eigenvalue weighted by atomic mass is 10.0. The first-order valence-electron chi connectivity index (χ1n) is 10.6. The third kappa shape index (κ3) is 9.95. The number of amides is 4. The Morgan fingerprint density at radius 2 is 1.51 bits per heavy atom. The van der Waals surface area contributed by atoms with Gasteiger partial charge in [0.05, 0.1) is 18.8 Å². The minimum atomic E-state index is -1.62. The fourth-order valence-electron chi connectivity index (χ4n) is 2.92. The number of rotatable bonds is 14. The highest BCUT2D eigenvalue weighted by atomic mass is 16.4. The van der Waals surface area contributed by atoms with Crippen LogP contribution in [0.2, 0.25) is 0 Å². The molecule has 4 amide bonds. The molecule has 1 aromatic carbocycles. The van der Waals surface area contributed by atoms with Crippen LogP contribution < -0.4 is 27.4 Å². The molecule has 11 N–H and O–H groups in total. The zero-order valence-corrected chi connectivity index (χ0v) is 19.0. The molecule has 14 nitrogen and oxygen atoms in total. The number of primary amides is 1. The van der Waals surface area contributed by atoms with Crippen molar-refractivity contribution in [1.29, 1.82) is 0 Å². The van der Waals surface area contributed by atoms with E-state index in [0.717, 1.165) is 0 Å². The number of carboxylic acid groups (broad SMARTS) is 1. The molecule has 0 saturated carbocycles. The van der Waals surface area contributed by atoms with Crippen LogP contribution in [0, 0.1) is 0 Å². The summed E-state index contributed by atoms with van der Waals surface area (Å²) in [5.41, 5.74) is 11.5. The fourth-order valence-corrected chi connectivity index (χ4v) is 2.92. The minimum absolute atomic E-state index is 0.0302. The van der Waals surface area contributed by atoms with Crippen LogP contribution in [-0.2, 0) is 30.4 Å². The van der Waals surface area contributed by atoms with Gasteiger partial charge >= 0.3 is 5.97 Å². The minimum Gasteiger partial charge on any atom is -0.508 e. The van der Waals surface area contributed by atoms with Gasteiger partial charge < -0.3 is 47.8 Å². The largest absolute Gasteiger partial charge is 0.508 e. The first-order chi connectivity index (χ1) is 16.3. The molecule has 35 heavy (non-hydrogen) atoms. The summed E-state index contributed by atoms with van der Waals surface area (Å²) in [6.07, 6.45) is -2.00. The predicted octanol–water partition coefficient (Wildman–Crippen LogP) is -3.56. The molecule has 5 unspecified atom stereocenters. The van der Waals surface area contributed by atoms with Crippen LogP contribution in [0.25, 0.3) is 0 Å². The number of nitrogens with two attached hydrogens (primary N) is 2.